The van der Waals surface area contributed by atoms with Crippen LogP contribution in [0.2, 0.25) is 0 Å². The number of methoxy groups -OCH3 is 1. The van der Waals surface area contributed by atoms with Crippen molar-refractivity contribution in [3.8, 4) is 28.3 Å². The summed E-state index contributed by atoms with van der Waals surface area (Å²) >= 11 is 0. The van der Waals surface area contributed by atoms with Gasteiger partial charge in [0.15, 0.2) is 0 Å². The second kappa shape index (κ2) is 7.74. The van der Waals surface area contributed by atoms with E-state index in [2.05, 4.69) is 4.90 Å². The van der Waals surface area contributed by atoms with Crippen LogP contribution in [0.3, 0.4) is 0 Å². The van der Waals surface area contributed by atoms with E-state index in [9.17, 15) is 4.39 Å². The Balaban J connectivity index is 1.78. The highest BCUT2D eigenvalue weighted by molar-refractivity contribution is 5.70. The molecule has 2 aromatic carbocycles. The van der Waals surface area contributed by atoms with Crippen molar-refractivity contribution in [3.05, 3.63) is 60.4 Å². The molecule has 3 aromatic rings. The third-order valence-electron chi connectivity index (χ3n) is 4.88. The molecule has 1 aliphatic heterocycles. The summed E-state index contributed by atoms with van der Waals surface area (Å²) in [4.78, 5) is 11.8. The van der Waals surface area contributed by atoms with Crippen LogP contribution in [-0.4, -0.2) is 30.2 Å². The van der Waals surface area contributed by atoms with Crippen LogP contribution in [0, 0.1) is 5.82 Å². The van der Waals surface area contributed by atoms with Gasteiger partial charge in [-0.15, -0.1) is 0 Å². The number of halogens is 1. The summed E-state index contributed by atoms with van der Waals surface area (Å²) in [7, 11) is 1.65. The van der Waals surface area contributed by atoms with Gasteiger partial charge in [-0.2, -0.15) is 0 Å². The van der Waals surface area contributed by atoms with E-state index in [1.807, 2.05) is 30.3 Å². The number of nitrogens with zero attached hydrogens (tertiary/aromatic N) is 3. The van der Waals surface area contributed by atoms with E-state index in [4.69, 9.17) is 14.7 Å². The van der Waals surface area contributed by atoms with Crippen molar-refractivity contribution in [3.63, 3.8) is 0 Å². The molecule has 0 bridgehead atoms. The average molecular weight is 363 g/mol. The number of rotatable bonds is 4. The van der Waals surface area contributed by atoms with Crippen LogP contribution in [0.4, 0.5) is 10.3 Å². The van der Waals surface area contributed by atoms with Crippen LogP contribution in [-0.2, 0) is 0 Å². The second-order valence-electron chi connectivity index (χ2n) is 6.72. The van der Waals surface area contributed by atoms with Crippen molar-refractivity contribution < 1.29 is 9.13 Å². The van der Waals surface area contributed by atoms with Gasteiger partial charge in [0.05, 0.1) is 18.5 Å². The Kier molecular flexibility index (Phi) is 5.01. The average Bonchev–Trinajstić information content (AvgIpc) is 2.74. The van der Waals surface area contributed by atoms with Gasteiger partial charge in [0, 0.05) is 24.2 Å². The zero-order valence-electron chi connectivity index (χ0n) is 15.4. The van der Waals surface area contributed by atoms with Gasteiger partial charge in [0.25, 0.3) is 0 Å². The minimum Gasteiger partial charge on any atom is -0.497 e. The maximum atomic E-state index is 13.3. The largest absolute Gasteiger partial charge is 0.497 e. The van der Waals surface area contributed by atoms with E-state index in [1.165, 1.54) is 18.6 Å². The first kappa shape index (κ1) is 17.5. The number of aromatic nitrogens is 2. The van der Waals surface area contributed by atoms with Crippen molar-refractivity contribution in [1.29, 1.82) is 0 Å². The molecule has 1 aliphatic rings. The maximum Gasteiger partial charge on any atom is 0.226 e. The van der Waals surface area contributed by atoms with Crippen LogP contribution >= 0.6 is 0 Å². The number of piperidine rings is 1. The lowest BCUT2D eigenvalue weighted by Gasteiger charge is -2.27. The first-order chi connectivity index (χ1) is 13.2. The quantitative estimate of drug-likeness (QED) is 0.657. The highest BCUT2D eigenvalue weighted by Crippen LogP contribution is 2.28. The third kappa shape index (κ3) is 3.92. The Hall–Kier alpha value is -2.95. The third-order valence-corrected chi connectivity index (χ3v) is 4.88. The van der Waals surface area contributed by atoms with Gasteiger partial charge in [0.2, 0.25) is 5.95 Å². The Labute approximate surface area is 158 Å². The molecule has 0 amide bonds. The van der Waals surface area contributed by atoms with Crippen LogP contribution < -0.4 is 9.64 Å². The lowest BCUT2D eigenvalue weighted by Crippen LogP contribution is -2.31. The smallest absolute Gasteiger partial charge is 0.226 e. The summed E-state index contributed by atoms with van der Waals surface area (Å²) in [5.74, 6) is 1.30. The van der Waals surface area contributed by atoms with Crippen LogP contribution in [0.1, 0.15) is 19.3 Å². The summed E-state index contributed by atoms with van der Waals surface area (Å²) < 4.78 is 18.6. The topological polar surface area (TPSA) is 38.2 Å². The van der Waals surface area contributed by atoms with E-state index in [1.54, 1.807) is 19.2 Å². The molecule has 2 heterocycles. The molecule has 0 N–H and O–H groups in total. The number of ether oxygens (including phenoxy) is 1. The monoisotopic (exact) mass is 363 g/mol. The molecule has 0 saturated carbocycles. The van der Waals surface area contributed by atoms with Crippen LogP contribution in [0.5, 0.6) is 5.75 Å². The van der Waals surface area contributed by atoms with Gasteiger partial charge in [0.1, 0.15) is 11.6 Å². The fraction of sp³-hybridized carbons (Fsp3) is 0.273. The molecule has 5 heteroatoms. The van der Waals surface area contributed by atoms with Gasteiger partial charge in [-0.05, 0) is 73.9 Å². The zero-order chi connectivity index (χ0) is 18.6. The molecule has 0 spiro atoms. The summed E-state index contributed by atoms with van der Waals surface area (Å²) in [5.41, 5.74) is 3.54. The van der Waals surface area contributed by atoms with Crippen LogP contribution in [0.25, 0.3) is 22.5 Å². The molecule has 0 radical (unpaired) electrons. The van der Waals surface area contributed by atoms with Crippen molar-refractivity contribution >= 4 is 5.95 Å². The van der Waals surface area contributed by atoms with Gasteiger partial charge in [-0.1, -0.05) is 0 Å². The van der Waals surface area contributed by atoms with Crippen molar-refractivity contribution in [2.24, 2.45) is 0 Å². The molecular weight excluding hydrogens is 341 g/mol. The molecule has 0 unspecified atom stereocenters. The number of anilines is 1. The molecule has 4 rings (SSSR count). The Morgan fingerprint density at radius 3 is 1.93 bits per heavy atom. The van der Waals surface area contributed by atoms with Crippen LogP contribution in [0.15, 0.2) is 54.6 Å². The molecule has 1 saturated heterocycles. The first-order valence-electron chi connectivity index (χ1n) is 9.27. The SMILES string of the molecule is COc1ccc(-c2cc(-c3ccc(F)cc3)nc(N3CCCCC3)n2)cc1. The Morgan fingerprint density at radius 2 is 1.37 bits per heavy atom. The molecule has 0 aliphatic carbocycles. The van der Waals surface area contributed by atoms with E-state index < -0.39 is 0 Å². The van der Waals surface area contributed by atoms with Gasteiger partial charge in [-0.25, -0.2) is 14.4 Å². The normalized spacial score (nSPS) is 14.2. The molecule has 0 atom stereocenters. The number of hydrogen-bond donors (Lipinski definition) is 0. The van der Waals surface area contributed by atoms with E-state index in [-0.39, 0.29) is 5.82 Å². The van der Waals surface area contributed by atoms with Gasteiger partial charge >= 0.3 is 0 Å². The molecule has 4 nitrogen and oxygen atoms in total. The number of benzene rings is 2. The second-order valence-corrected chi connectivity index (χ2v) is 6.72. The summed E-state index contributed by atoms with van der Waals surface area (Å²) in [5, 5.41) is 0. The van der Waals surface area contributed by atoms with E-state index in [0.29, 0.717) is 0 Å². The standard InChI is InChI=1S/C22H22FN3O/c1-27-19-11-7-17(8-12-19)21-15-20(16-5-9-18(23)10-6-16)24-22(25-21)26-13-3-2-4-14-26/h5-12,15H,2-4,13-14H2,1H3. The summed E-state index contributed by atoms with van der Waals surface area (Å²) in [6, 6.07) is 16.2. The molecular formula is C22H22FN3O. The van der Waals surface area contributed by atoms with Crippen molar-refractivity contribution in [2.75, 3.05) is 25.1 Å². The van der Waals surface area contributed by atoms with E-state index >= 15 is 0 Å². The van der Waals surface area contributed by atoms with Gasteiger partial charge in [-0.3, -0.25) is 0 Å². The maximum absolute atomic E-state index is 13.3. The Morgan fingerprint density at radius 1 is 0.815 bits per heavy atom. The first-order valence-corrected chi connectivity index (χ1v) is 9.27. The fourth-order valence-corrected chi connectivity index (χ4v) is 3.35. The minimum atomic E-state index is -0.251. The summed E-state index contributed by atoms with van der Waals surface area (Å²) in [6.07, 6.45) is 3.56. The van der Waals surface area contributed by atoms with Crippen molar-refractivity contribution in [1.82, 2.24) is 9.97 Å². The lowest BCUT2D eigenvalue weighted by atomic mass is 10.1. The molecule has 1 fully saturated rings. The predicted molar refractivity (Wildman–Crippen MR) is 105 cm³/mol. The minimum absolute atomic E-state index is 0.251. The summed E-state index contributed by atoms with van der Waals surface area (Å²) in [6.45, 7) is 1.93. The highest BCUT2D eigenvalue weighted by Gasteiger charge is 2.16. The highest BCUT2D eigenvalue weighted by atomic mass is 19.1. The molecule has 138 valence electrons. The zero-order valence-corrected chi connectivity index (χ0v) is 15.4. The van der Waals surface area contributed by atoms with E-state index in [0.717, 1.165) is 60.1 Å². The molecule has 1 aromatic heterocycles. The Bertz CT molecular complexity index is 904. The number of hydrogen-bond acceptors (Lipinski definition) is 4. The van der Waals surface area contributed by atoms with Crippen molar-refractivity contribution in [2.45, 2.75) is 19.3 Å². The molecule has 27 heavy (non-hydrogen) atoms. The fourth-order valence-electron chi connectivity index (χ4n) is 3.35. The van der Waals surface area contributed by atoms with Gasteiger partial charge < -0.3 is 9.64 Å². The lowest BCUT2D eigenvalue weighted by molar-refractivity contribution is 0.415. The predicted octanol–water partition coefficient (Wildman–Crippen LogP) is 4.95.